The van der Waals surface area contributed by atoms with Crippen molar-refractivity contribution in [2.45, 2.75) is 175 Å². The number of nitrogens with one attached hydrogen (secondary N) is 1. The van der Waals surface area contributed by atoms with Gasteiger partial charge < -0.3 is 10.4 Å². The van der Waals surface area contributed by atoms with Crippen LogP contribution in [0.1, 0.15) is 168 Å². The lowest BCUT2D eigenvalue weighted by atomic mass is 10.0. The fourth-order valence-corrected chi connectivity index (χ4v) is 4.22. The van der Waals surface area contributed by atoms with E-state index in [2.05, 4.69) is 45.1 Å². The van der Waals surface area contributed by atoms with Crippen molar-refractivity contribution in [2.24, 2.45) is 0 Å². The third-order valence-corrected chi connectivity index (χ3v) is 6.99. The molecule has 0 aliphatic carbocycles. The molecule has 0 aliphatic heterocycles. The first-order chi connectivity index (χ1) is 17.0. The van der Waals surface area contributed by atoms with Crippen molar-refractivity contribution < 1.29 is 9.90 Å². The molecule has 0 rings (SSSR count). The van der Waals surface area contributed by atoms with Gasteiger partial charge in [-0.05, 0) is 40.4 Å². The van der Waals surface area contributed by atoms with Gasteiger partial charge in [-0.1, -0.05) is 142 Å². The third-order valence-electron chi connectivity index (χ3n) is 6.99. The maximum Gasteiger partial charge on any atom is 0.303 e. The summed E-state index contributed by atoms with van der Waals surface area (Å²) >= 11 is 0. The second-order valence-electron chi connectivity index (χ2n) is 10.8. The van der Waals surface area contributed by atoms with Gasteiger partial charge in [0.05, 0.1) is 6.17 Å². The lowest BCUT2D eigenvalue weighted by Crippen LogP contribution is -2.39. The summed E-state index contributed by atoms with van der Waals surface area (Å²) in [6.45, 7) is 7.85. The Balaban J connectivity index is 0. The van der Waals surface area contributed by atoms with E-state index in [0.29, 0.717) is 12.6 Å². The molecule has 0 heterocycles. The van der Waals surface area contributed by atoms with Gasteiger partial charge in [-0.25, -0.2) is 0 Å². The van der Waals surface area contributed by atoms with Gasteiger partial charge in [0.1, 0.15) is 0 Å². The number of unbranched alkanes of at least 4 members (excludes halogenated alkanes) is 20. The SMILES string of the molecule is CCCCCCCCCCCCCCCCCCCCCC(=O)O.CCCCCNC(C)N(C)C. The molecule has 2 N–H and O–H groups in total. The first kappa shape index (κ1) is 36.5. The number of carboxylic acid groups (broad SMARTS) is 1. The molecule has 0 aromatic carbocycles. The second-order valence-corrected chi connectivity index (χ2v) is 10.8. The predicted molar refractivity (Wildman–Crippen MR) is 156 cm³/mol. The number of nitrogens with zero attached hydrogens (tertiary/aromatic N) is 1. The van der Waals surface area contributed by atoms with Crippen molar-refractivity contribution in [1.82, 2.24) is 10.2 Å². The molecule has 212 valence electrons. The monoisotopic (exact) mass is 499 g/mol. The van der Waals surface area contributed by atoms with E-state index in [1.165, 1.54) is 128 Å². The molecular formula is C31H66N2O2. The molecule has 1 unspecified atom stereocenters. The van der Waals surface area contributed by atoms with Crippen molar-refractivity contribution in [3.05, 3.63) is 0 Å². The molecule has 0 fully saturated rings. The lowest BCUT2D eigenvalue weighted by molar-refractivity contribution is -0.137. The quantitative estimate of drug-likeness (QED) is 0.0920. The van der Waals surface area contributed by atoms with Crippen LogP contribution in [0.25, 0.3) is 0 Å². The molecular weight excluding hydrogens is 432 g/mol. The Kier molecular flexibility index (Phi) is 32.8. The van der Waals surface area contributed by atoms with Gasteiger partial charge in [0.2, 0.25) is 0 Å². The molecule has 0 aromatic rings. The number of rotatable bonds is 26. The van der Waals surface area contributed by atoms with Gasteiger partial charge in [0.15, 0.2) is 0 Å². The molecule has 0 radical (unpaired) electrons. The van der Waals surface area contributed by atoms with E-state index in [-0.39, 0.29) is 0 Å². The van der Waals surface area contributed by atoms with Crippen molar-refractivity contribution in [2.75, 3.05) is 20.6 Å². The van der Waals surface area contributed by atoms with E-state index in [4.69, 9.17) is 5.11 Å². The zero-order chi connectivity index (χ0) is 26.4. The minimum Gasteiger partial charge on any atom is -0.481 e. The van der Waals surface area contributed by atoms with E-state index in [0.717, 1.165) is 19.4 Å². The van der Waals surface area contributed by atoms with E-state index in [1.807, 2.05) is 0 Å². The minimum absolute atomic E-state index is 0.346. The van der Waals surface area contributed by atoms with E-state index in [1.54, 1.807) is 0 Å². The maximum atomic E-state index is 10.4. The molecule has 0 aromatic heterocycles. The normalized spacial score (nSPS) is 11.9. The average Bonchev–Trinajstić information content (AvgIpc) is 2.83. The number of carboxylic acids is 1. The summed E-state index contributed by atoms with van der Waals surface area (Å²) in [5, 5.41) is 12.0. The van der Waals surface area contributed by atoms with E-state index in [9.17, 15) is 4.79 Å². The smallest absolute Gasteiger partial charge is 0.303 e. The first-order valence-corrected chi connectivity index (χ1v) is 15.6. The van der Waals surface area contributed by atoms with Crippen LogP contribution >= 0.6 is 0 Å². The summed E-state index contributed by atoms with van der Waals surface area (Å²) in [6.07, 6.45) is 30.5. The summed E-state index contributed by atoms with van der Waals surface area (Å²) in [7, 11) is 4.19. The van der Waals surface area contributed by atoms with Crippen LogP contribution in [-0.2, 0) is 4.79 Å². The fourth-order valence-electron chi connectivity index (χ4n) is 4.22. The Morgan fingerprint density at radius 3 is 1.23 bits per heavy atom. The Morgan fingerprint density at radius 1 is 0.600 bits per heavy atom. The second kappa shape index (κ2) is 31.4. The van der Waals surface area contributed by atoms with Crippen molar-refractivity contribution in [3.63, 3.8) is 0 Å². The number of carbonyl (C=O) groups is 1. The van der Waals surface area contributed by atoms with Crippen molar-refractivity contribution in [1.29, 1.82) is 0 Å². The van der Waals surface area contributed by atoms with Crippen LogP contribution in [0.15, 0.2) is 0 Å². The molecule has 0 saturated heterocycles. The summed E-state index contributed by atoms with van der Waals surface area (Å²) in [6, 6.07) is 0. The van der Waals surface area contributed by atoms with Crippen LogP contribution in [-0.4, -0.2) is 42.8 Å². The van der Waals surface area contributed by atoms with Crippen LogP contribution < -0.4 is 5.32 Å². The summed E-state index contributed by atoms with van der Waals surface area (Å²) in [5.74, 6) is -0.651. The standard InChI is InChI=1S/C22H44O2.C9H22N2/c1-2-3-4-5-6-7-8-9-10-11-12-13-14-15-16-17-18-19-20-21-22(23)24;1-5-6-7-8-10-9(2)11(3)4/h2-21H2,1H3,(H,23,24);9-10H,5-8H2,1-4H3. The highest BCUT2D eigenvalue weighted by Gasteiger charge is 2.00. The zero-order valence-electron chi connectivity index (χ0n) is 24.9. The third kappa shape index (κ3) is 35.6. The highest BCUT2D eigenvalue weighted by Crippen LogP contribution is 2.14. The largest absolute Gasteiger partial charge is 0.481 e. The molecule has 0 spiro atoms. The number of hydrogen-bond donors (Lipinski definition) is 2. The number of hydrogen-bond acceptors (Lipinski definition) is 3. The van der Waals surface area contributed by atoms with Gasteiger partial charge in [-0.15, -0.1) is 0 Å². The molecule has 35 heavy (non-hydrogen) atoms. The molecule has 0 aliphatic rings. The highest BCUT2D eigenvalue weighted by atomic mass is 16.4. The van der Waals surface area contributed by atoms with Gasteiger partial charge in [-0.3, -0.25) is 9.69 Å². The summed E-state index contributed by atoms with van der Waals surface area (Å²) in [4.78, 5) is 12.6. The molecule has 0 bridgehead atoms. The van der Waals surface area contributed by atoms with Crippen LogP contribution in [0, 0.1) is 0 Å². The average molecular weight is 499 g/mol. The van der Waals surface area contributed by atoms with Gasteiger partial charge in [-0.2, -0.15) is 0 Å². The van der Waals surface area contributed by atoms with Crippen molar-refractivity contribution >= 4 is 5.97 Å². The Labute approximate surface area is 221 Å². The van der Waals surface area contributed by atoms with E-state index < -0.39 is 5.97 Å². The van der Waals surface area contributed by atoms with Gasteiger partial charge in [0.25, 0.3) is 0 Å². The minimum atomic E-state index is -0.651. The predicted octanol–water partition coefficient (Wildman–Crippen LogP) is 9.57. The van der Waals surface area contributed by atoms with Crippen LogP contribution in [0.5, 0.6) is 0 Å². The number of aliphatic carboxylic acids is 1. The van der Waals surface area contributed by atoms with Gasteiger partial charge in [0, 0.05) is 6.42 Å². The van der Waals surface area contributed by atoms with Gasteiger partial charge >= 0.3 is 5.97 Å². The maximum absolute atomic E-state index is 10.4. The Bertz CT molecular complexity index is 401. The molecule has 4 nitrogen and oxygen atoms in total. The summed E-state index contributed by atoms with van der Waals surface area (Å²) in [5.41, 5.74) is 0. The van der Waals surface area contributed by atoms with Crippen molar-refractivity contribution in [3.8, 4) is 0 Å². The molecule has 0 amide bonds. The molecule has 0 saturated carbocycles. The van der Waals surface area contributed by atoms with Crippen LogP contribution in [0.4, 0.5) is 0 Å². The topological polar surface area (TPSA) is 52.6 Å². The lowest BCUT2D eigenvalue weighted by Gasteiger charge is -2.20. The molecule has 1 atom stereocenters. The first-order valence-electron chi connectivity index (χ1n) is 15.6. The Morgan fingerprint density at radius 2 is 0.914 bits per heavy atom. The van der Waals surface area contributed by atoms with E-state index >= 15 is 0 Å². The molecule has 4 heteroatoms. The van der Waals surface area contributed by atoms with Crippen LogP contribution in [0.3, 0.4) is 0 Å². The fraction of sp³-hybridized carbons (Fsp3) is 0.968. The zero-order valence-corrected chi connectivity index (χ0v) is 24.9. The Hall–Kier alpha value is -0.610. The summed E-state index contributed by atoms with van der Waals surface area (Å²) < 4.78 is 0. The van der Waals surface area contributed by atoms with Crippen LogP contribution in [0.2, 0.25) is 0 Å². The highest BCUT2D eigenvalue weighted by molar-refractivity contribution is 5.66.